The molecule has 11 heteroatoms. The number of piperazine rings is 1. The highest BCUT2D eigenvalue weighted by atomic mass is 19.4. The Hall–Kier alpha value is -2.59. The zero-order chi connectivity index (χ0) is 18.9. The van der Waals surface area contributed by atoms with Crippen LogP contribution < -0.4 is 4.90 Å². The molecule has 0 bridgehead atoms. The lowest BCUT2D eigenvalue weighted by molar-refractivity contribution is -0.138. The Morgan fingerprint density at radius 2 is 1.65 bits per heavy atom. The zero-order valence-electron chi connectivity index (χ0n) is 13.8. The molecule has 0 unspecified atom stereocenters. The molecule has 3 rings (SSSR count). The third kappa shape index (κ3) is 3.81. The van der Waals surface area contributed by atoms with E-state index in [0.717, 1.165) is 12.4 Å². The van der Waals surface area contributed by atoms with Gasteiger partial charge in [0.15, 0.2) is 0 Å². The monoisotopic (exact) mass is 373 g/mol. The van der Waals surface area contributed by atoms with E-state index in [1.54, 1.807) is 9.80 Å². The standard InChI is InChI=1S/C15H18F3N5O3/c16-15(17,18)11-7-19-13(20-8-11)22-5-3-21(4-6-22)12(24)10-1-2-23(9-10)14(25)26/h7-8,10H,1-6,9H2,(H,25,26)/t10-/m0/s1. The maximum absolute atomic E-state index is 12.5. The van der Waals surface area contributed by atoms with Crippen molar-refractivity contribution in [3.63, 3.8) is 0 Å². The summed E-state index contributed by atoms with van der Waals surface area (Å²) in [6, 6.07) is 0. The summed E-state index contributed by atoms with van der Waals surface area (Å²) in [5.74, 6) is -0.218. The van der Waals surface area contributed by atoms with E-state index in [2.05, 4.69) is 9.97 Å². The summed E-state index contributed by atoms with van der Waals surface area (Å²) in [6.45, 7) is 2.17. The van der Waals surface area contributed by atoms with Gasteiger partial charge in [0, 0.05) is 51.7 Å². The van der Waals surface area contributed by atoms with E-state index in [4.69, 9.17) is 5.11 Å². The first-order valence-corrected chi connectivity index (χ1v) is 8.16. The first-order valence-electron chi connectivity index (χ1n) is 8.16. The molecule has 142 valence electrons. The molecule has 2 aliphatic heterocycles. The van der Waals surface area contributed by atoms with Crippen molar-refractivity contribution in [3.8, 4) is 0 Å². The van der Waals surface area contributed by atoms with Crippen LogP contribution in [0, 0.1) is 5.92 Å². The van der Waals surface area contributed by atoms with Crippen LogP contribution in [0.4, 0.5) is 23.9 Å². The van der Waals surface area contributed by atoms with Crippen molar-refractivity contribution in [1.29, 1.82) is 0 Å². The number of anilines is 1. The second-order valence-electron chi connectivity index (χ2n) is 6.30. The minimum Gasteiger partial charge on any atom is -0.465 e. The van der Waals surface area contributed by atoms with Crippen LogP contribution in [0.5, 0.6) is 0 Å². The molecule has 1 atom stereocenters. The van der Waals surface area contributed by atoms with Crippen molar-refractivity contribution >= 4 is 17.9 Å². The Morgan fingerprint density at radius 1 is 1.04 bits per heavy atom. The van der Waals surface area contributed by atoms with E-state index in [0.29, 0.717) is 39.1 Å². The predicted octanol–water partition coefficient (Wildman–Crippen LogP) is 1.14. The van der Waals surface area contributed by atoms with E-state index in [1.807, 2.05) is 0 Å². The minimum absolute atomic E-state index is 0.0817. The smallest absolute Gasteiger partial charge is 0.419 e. The lowest BCUT2D eigenvalue weighted by atomic mass is 10.1. The average Bonchev–Trinajstić information content (AvgIpc) is 3.11. The van der Waals surface area contributed by atoms with Gasteiger partial charge in [-0.2, -0.15) is 13.2 Å². The number of rotatable bonds is 2. The molecule has 2 aliphatic rings. The average molecular weight is 373 g/mol. The van der Waals surface area contributed by atoms with Crippen molar-refractivity contribution in [2.24, 2.45) is 5.92 Å². The van der Waals surface area contributed by atoms with E-state index in [-0.39, 0.29) is 24.3 Å². The number of halogens is 3. The maximum Gasteiger partial charge on any atom is 0.419 e. The number of carbonyl (C=O) groups excluding carboxylic acids is 1. The lowest BCUT2D eigenvalue weighted by Crippen LogP contribution is -2.51. The molecule has 1 N–H and O–H groups in total. The molecule has 2 fully saturated rings. The van der Waals surface area contributed by atoms with Gasteiger partial charge in [-0.25, -0.2) is 14.8 Å². The molecule has 0 spiro atoms. The van der Waals surface area contributed by atoms with Gasteiger partial charge in [0.05, 0.1) is 11.5 Å². The van der Waals surface area contributed by atoms with Crippen LogP contribution in [0.25, 0.3) is 0 Å². The molecule has 0 aliphatic carbocycles. The highest BCUT2D eigenvalue weighted by Gasteiger charge is 2.35. The van der Waals surface area contributed by atoms with Crippen LogP contribution in [-0.2, 0) is 11.0 Å². The highest BCUT2D eigenvalue weighted by Crippen LogP contribution is 2.28. The van der Waals surface area contributed by atoms with Crippen LogP contribution >= 0.6 is 0 Å². The summed E-state index contributed by atoms with van der Waals surface area (Å²) < 4.78 is 37.6. The van der Waals surface area contributed by atoms with Gasteiger partial charge in [-0.1, -0.05) is 0 Å². The van der Waals surface area contributed by atoms with Gasteiger partial charge in [0.2, 0.25) is 11.9 Å². The Kier molecular flexibility index (Phi) is 4.88. The van der Waals surface area contributed by atoms with Crippen molar-refractivity contribution in [1.82, 2.24) is 19.8 Å². The van der Waals surface area contributed by atoms with Crippen LogP contribution in [0.3, 0.4) is 0 Å². The number of amides is 2. The number of carboxylic acid groups (broad SMARTS) is 1. The van der Waals surface area contributed by atoms with Crippen molar-refractivity contribution in [3.05, 3.63) is 18.0 Å². The summed E-state index contributed by atoms with van der Waals surface area (Å²) >= 11 is 0. The Balaban J connectivity index is 1.54. The molecule has 2 amide bonds. The number of aromatic nitrogens is 2. The second kappa shape index (κ2) is 6.96. The SMILES string of the molecule is O=C(O)N1CC[C@H](C(=O)N2CCN(c3ncc(C(F)(F)F)cn3)CC2)C1. The van der Waals surface area contributed by atoms with E-state index >= 15 is 0 Å². The first kappa shape index (κ1) is 18.2. The van der Waals surface area contributed by atoms with Gasteiger partial charge < -0.3 is 19.8 Å². The fraction of sp³-hybridized carbons (Fsp3) is 0.600. The molecule has 1 aromatic heterocycles. The number of hydrogen-bond acceptors (Lipinski definition) is 5. The zero-order valence-corrected chi connectivity index (χ0v) is 13.8. The van der Waals surface area contributed by atoms with Crippen molar-refractivity contribution < 1.29 is 27.9 Å². The van der Waals surface area contributed by atoms with Gasteiger partial charge in [-0.15, -0.1) is 0 Å². The minimum atomic E-state index is -4.48. The lowest BCUT2D eigenvalue weighted by Gasteiger charge is -2.35. The van der Waals surface area contributed by atoms with Gasteiger partial charge in [-0.05, 0) is 6.42 Å². The third-order valence-electron chi connectivity index (χ3n) is 4.65. The molecule has 0 radical (unpaired) electrons. The quantitative estimate of drug-likeness (QED) is 0.836. The van der Waals surface area contributed by atoms with E-state index < -0.39 is 17.8 Å². The Labute approximate surface area is 147 Å². The molecule has 3 heterocycles. The second-order valence-corrected chi connectivity index (χ2v) is 6.30. The number of alkyl halides is 3. The Bertz CT molecular complexity index is 674. The van der Waals surface area contributed by atoms with Gasteiger partial charge in [0.25, 0.3) is 0 Å². The molecular formula is C15H18F3N5O3. The third-order valence-corrected chi connectivity index (χ3v) is 4.65. The molecule has 0 aromatic carbocycles. The van der Waals surface area contributed by atoms with Crippen LogP contribution in [0.2, 0.25) is 0 Å². The van der Waals surface area contributed by atoms with Crippen LogP contribution in [0.1, 0.15) is 12.0 Å². The predicted molar refractivity (Wildman–Crippen MR) is 83.5 cm³/mol. The number of carbonyl (C=O) groups is 2. The van der Waals surface area contributed by atoms with E-state index in [1.165, 1.54) is 4.90 Å². The fourth-order valence-electron chi connectivity index (χ4n) is 3.15. The first-order chi connectivity index (χ1) is 12.3. The van der Waals surface area contributed by atoms with Crippen molar-refractivity contribution in [2.75, 3.05) is 44.2 Å². The fourth-order valence-corrected chi connectivity index (χ4v) is 3.15. The van der Waals surface area contributed by atoms with E-state index in [9.17, 15) is 22.8 Å². The van der Waals surface area contributed by atoms with Crippen LogP contribution in [0.15, 0.2) is 12.4 Å². The van der Waals surface area contributed by atoms with Gasteiger partial charge in [-0.3, -0.25) is 4.79 Å². The molecule has 1 aromatic rings. The Morgan fingerprint density at radius 3 is 2.15 bits per heavy atom. The summed E-state index contributed by atoms with van der Waals surface area (Å²) in [5.41, 5.74) is -0.903. The number of hydrogen-bond donors (Lipinski definition) is 1. The van der Waals surface area contributed by atoms with Crippen molar-refractivity contribution in [2.45, 2.75) is 12.6 Å². The topological polar surface area (TPSA) is 89.9 Å². The molecule has 2 saturated heterocycles. The van der Waals surface area contributed by atoms with Gasteiger partial charge >= 0.3 is 12.3 Å². The van der Waals surface area contributed by atoms with Crippen LogP contribution in [-0.4, -0.2) is 76.1 Å². The normalized spacial score (nSPS) is 21.2. The number of likely N-dealkylation sites (tertiary alicyclic amines) is 1. The largest absolute Gasteiger partial charge is 0.465 e. The molecule has 0 saturated carbocycles. The summed E-state index contributed by atoms with van der Waals surface area (Å²) in [6.07, 6.45) is -3.50. The number of nitrogens with zero attached hydrogens (tertiary/aromatic N) is 5. The summed E-state index contributed by atoms with van der Waals surface area (Å²) in [7, 11) is 0. The maximum atomic E-state index is 12.5. The molecular weight excluding hydrogens is 355 g/mol. The van der Waals surface area contributed by atoms with Gasteiger partial charge in [0.1, 0.15) is 0 Å². The molecule has 8 nitrogen and oxygen atoms in total. The summed E-state index contributed by atoms with van der Waals surface area (Å²) in [5, 5.41) is 8.96. The molecule has 26 heavy (non-hydrogen) atoms. The summed E-state index contributed by atoms with van der Waals surface area (Å²) in [4.78, 5) is 35.6. The highest BCUT2D eigenvalue weighted by molar-refractivity contribution is 5.80.